The summed E-state index contributed by atoms with van der Waals surface area (Å²) in [6, 6.07) is 13.7. The van der Waals surface area contributed by atoms with Crippen LogP contribution in [-0.4, -0.2) is 9.78 Å². The van der Waals surface area contributed by atoms with Crippen LogP contribution in [0.3, 0.4) is 0 Å². The first-order valence-corrected chi connectivity index (χ1v) is 6.21. The van der Waals surface area contributed by atoms with Crippen molar-refractivity contribution in [2.24, 2.45) is 5.73 Å². The first kappa shape index (κ1) is 11.7. The Balaban J connectivity index is 1.78. The molecule has 0 aliphatic rings. The molecule has 96 valence electrons. The van der Waals surface area contributed by atoms with Crippen molar-refractivity contribution in [2.75, 3.05) is 0 Å². The van der Waals surface area contributed by atoms with Crippen LogP contribution >= 0.6 is 0 Å². The molecule has 3 aromatic rings. The highest BCUT2D eigenvalue weighted by molar-refractivity contribution is 5.31. The molecule has 1 unspecified atom stereocenters. The Bertz CT molecular complexity index is 628. The summed E-state index contributed by atoms with van der Waals surface area (Å²) in [5.74, 6) is 0.889. The molecule has 0 bridgehead atoms. The van der Waals surface area contributed by atoms with Crippen LogP contribution in [0, 0.1) is 0 Å². The molecule has 1 aromatic carbocycles. The molecular formula is C15H15N3O. The van der Waals surface area contributed by atoms with Gasteiger partial charge in [-0.15, -0.1) is 0 Å². The van der Waals surface area contributed by atoms with Crippen LogP contribution in [0.25, 0.3) is 5.69 Å². The Morgan fingerprint density at radius 1 is 1.16 bits per heavy atom. The van der Waals surface area contributed by atoms with Crippen molar-refractivity contribution in [3.8, 4) is 5.69 Å². The van der Waals surface area contributed by atoms with Crippen LogP contribution in [0.1, 0.15) is 17.4 Å². The van der Waals surface area contributed by atoms with Crippen molar-refractivity contribution in [2.45, 2.75) is 12.5 Å². The Labute approximate surface area is 111 Å². The number of nitrogens with two attached hydrogens (primary N) is 1. The topological polar surface area (TPSA) is 57.0 Å². The van der Waals surface area contributed by atoms with Gasteiger partial charge in [0.05, 0.1) is 18.1 Å². The molecule has 0 radical (unpaired) electrons. The second-order valence-corrected chi connectivity index (χ2v) is 4.44. The van der Waals surface area contributed by atoms with Crippen LogP contribution in [0.4, 0.5) is 0 Å². The minimum absolute atomic E-state index is 0.108. The molecule has 4 heteroatoms. The smallest absolute Gasteiger partial charge is 0.105 e. The molecular weight excluding hydrogens is 238 g/mol. The number of furan rings is 1. The van der Waals surface area contributed by atoms with Crippen molar-refractivity contribution in [3.05, 3.63) is 72.4 Å². The zero-order valence-corrected chi connectivity index (χ0v) is 10.4. The zero-order valence-electron chi connectivity index (χ0n) is 10.4. The second kappa shape index (κ2) is 5.12. The van der Waals surface area contributed by atoms with E-state index < -0.39 is 0 Å². The van der Waals surface area contributed by atoms with Gasteiger partial charge in [-0.1, -0.05) is 18.2 Å². The van der Waals surface area contributed by atoms with Gasteiger partial charge in [0, 0.05) is 24.2 Å². The van der Waals surface area contributed by atoms with Crippen LogP contribution < -0.4 is 5.73 Å². The molecule has 0 saturated carbocycles. The van der Waals surface area contributed by atoms with Gasteiger partial charge in [0.2, 0.25) is 0 Å². The van der Waals surface area contributed by atoms with Gasteiger partial charge < -0.3 is 10.2 Å². The fraction of sp³-hybridized carbons (Fsp3) is 0.133. The monoisotopic (exact) mass is 253 g/mol. The average molecular weight is 253 g/mol. The van der Waals surface area contributed by atoms with E-state index >= 15 is 0 Å². The maximum atomic E-state index is 6.16. The minimum Gasteiger partial charge on any atom is -0.469 e. The lowest BCUT2D eigenvalue weighted by Crippen LogP contribution is -2.12. The first-order valence-electron chi connectivity index (χ1n) is 6.21. The lowest BCUT2D eigenvalue weighted by atomic mass is 10.1. The highest BCUT2D eigenvalue weighted by atomic mass is 16.3. The predicted molar refractivity (Wildman–Crippen MR) is 72.9 cm³/mol. The molecule has 0 fully saturated rings. The molecule has 2 N–H and O–H groups in total. The molecule has 0 aliphatic heterocycles. The molecule has 1 atom stereocenters. The van der Waals surface area contributed by atoms with E-state index in [-0.39, 0.29) is 6.04 Å². The van der Waals surface area contributed by atoms with E-state index in [0.29, 0.717) is 6.42 Å². The number of benzene rings is 1. The van der Waals surface area contributed by atoms with E-state index in [1.165, 1.54) is 0 Å². The highest BCUT2D eigenvalue weighted by Gasteiger charge is 2.11. The first-order chi connectivity index (χ1) is 9.33. The normalized spacial score (nSPS) is 12.5. The summed E-state index contributed by atoms with van der Waals surface area (Å²) in [5, 5.41) is 4.34. The summed E-state index contributed by atoms with van der Waals surface area (Å²) in [7, 11) is 0. The van der Waals surface area contributed by atoms with Gasteiger partial charge in [0.15, 0.2) is 0 Å². The van der Waals surface area contributed by atoms with Gasteiger partial charge in [-0.25, -0.2) is 4.68 Å². The summed E-state index contributed by atoms with van der Waals surface area (Å²) in [4.78, 5) is 0. The fourth-order valence-corrected chi connectivity index (χ4v) is 2.01. The van der Waals surface area contributed by atoms with Gasteiger partial charge in [-0.3, -0.25) is 0 Å². The maximum Gasteiger partial charge on any atom is 0.105 e. The molecule has 0 saturated heterocycles. The van der Waals surface area contributed by atoms with Gasteiger partial charge in [-0.2, -0.15) is 5.10 Å². The SMILES string of the molecule is NC(Cc1ccco1)c1cnn(-c2ccccc2)c1. The van der Waals surface area contributed by atoms with Crippen molar-refractivity contribution >= 4 is 0 Å². The molecule has 0 spiro atoms. The van der Waals surface area contributed by atoms with E-state index in [9.17, 15) is 0 Å². The number of nitrogens with zero attached hydrogens (tertiary/aromatic N) is 2. The molecule has 3 rings (SSSR count). The molecule has 2 aromatic heterocycles. The van der Waals surface area contributed by atoms with Crippen LogP contribution in [0.15, 0.2) is 65.5 Å². The molecule has 2 heterocycles. The summed E-state index contributed by atoms with van der Waals surface area (Å²) in [6.07, 6.45) is 6.10. The molecule has 4 nitrogen and oxygen atoms in total. The maximum absolute atomic E-state index is 6.16. The van der Waals surface area contributed by atoms with Crippen molar-refractivity contribution < 1.29 is 4.42 Å². The van der Waals surface area contributed by atoms with Gasteiger partial charge >= 0.3 is 0 Å². The van der Waals surface area contributed by atoms with Gasteiger partial charge in [-0.05, 0) is 24.3 Å². The van der Waals surface area contributed by atoms with E-state index in [1.54, 1.807) is 12.5 Å². The Morgan fingerprint density at radius 3 is 2.74 bits per heavy atom. The predicted octanol–water partition coefficient (Wildman–Crippen LogP) is 2.71. The summed E-state index contributed by atoms with van der Waals surface area (Å²) in [6.45, 7) is 0. The van der Waals surface area contributed by atoms with Crippen molar-refractivity contribution in [1.82, 2.24) is 9.78 Å². The second-order valence-electron chi connectivity index (χ2n) is 4.44. The molecule has 19 heavy (non-hydrogen) atoms. The summed E-state index contributed by atoms with van der Waals surface area (Å²) in [5.41, 5.74) is 8.19. The number of rotatable bonds is 4. The minimum atomic E-state index is -0.108. The van der Waals surface area contributed by atoms with Crippen LogP contribution in [0.5, 0.6) is 0 Å². The number of hydrogen-bond donors (Lipinski definition) is 1. The number of aromatic nitrogens is 2. The summed E-state index contributed by atoms with van der Waals surface area (Å²) < 4.78 is 7.14. The quantitative estimate of drug-likeness (QED) is 0.777. The van der Waals surface area contributed by atoms with E-state index in [4.69, 9.17) is 10.2 Å². The average Bonchev–Trinajstić information content (AvgIpc) is 3.10. The van der Waals surface area contributed by atoms with Gasteiger partial charge in [0.25, 0.3) is 0 Å². The third kappa shape index (κ3) is 2.58. The number of hydrogen-bond acceptors (Lipinski definition) is 3. The Morgan fingerprint density at radius 2 is 2.00 bits per heavy atom. The molecule has 0 amide bonds. The van der Waals surface area contributed by atoms with E-state index in [1.807, 2.05) is 53.3 Å². The zero-order chi connectivity index (χ0) is 13.1. The largest absolute Gasteiger partial charge is 0.469 e. The Kier molecular flexibility index (Phi) is 3.16. The summed E-state index contributed by atoms with van der Waals surface area (Å²) >= 11 is 0. The van der Waals surface area contributed by atoms with Crippen molar-refractivity contribution in [1.29, 1.82) is 0 Å². The standard InChI is InChI=1S/C15H15N3O/c16-15(9-14-7-4-8-19-14)12-10-17-18(11-12)13-5-2-1-3-6-13/h1-8,10-11,15H,9,16H2. The highest BCUT2D eigenvalue weighted by Crippen LogP contribution is 2.17. The Hall–Kier alpha value is -2.33. The van der Waals surface area contributed by atoms with Crippen LogP contribution in [0.2, 0.25) is 0 Å². The third-order valence-electron chi connectivity index (χ3n) is 3.05. The van der Waals surface area contributed by atoms with Gasteiger partial charge in [0.1, 0.15) is 5.76 Å². The van der Waals surface area contributed by atoms with Crippen LogP contribution in [-0.2, 0) is 6.42 Å². The number of para-hydroxylation sites is 1. The lowest BCUT2D eigenvalue weighted by molar-refractivity contribution is 0.488. The van der Waals surface area contributed by atoms with E-state index in [0.717, 1.165) is 17.0 Å². The van der Waals surface area contributed by atoms with E-state index in [2.05, 4.69) is 5.10 Å². The third-order valence-corrected chi connectivity index (χ3v) is 3.05. The molecule has 0 aliphatic carbocycles. The fourth-order valence-electron chi connectivity index (χ4n) is 2.01. The lowest BCUT2D eigenvalue weighted by Gasteiger charge is -2.06. The van der Waals surface area contributed by atoms with Crippen molar-refractivity contribution in [3.63, 3.8) is 0 Å².